The summed E-state index contributed by atoms with van der Waals surface area (Å²) in [5.41, 5.74) is 6.95. The Bertz CT molecular complexity index is 598. The van der Waals surface area contributed by atoms with Crippen LogP contribution >= 0.6 is 0 Å². The molecular weight excluding hydrogens is 273 g/mol. The molecule has 2 rings (SSSR count). The van der Waals surface area contributed by atoms with Crippen molar-refractivity contribution in [3.8, 4) is 17.4 Å². The molecule has 0 atom stereocenters. The molecule has 0 aliphatic heterocycles. The Morgan fingerprint density at radius 2 is 1.70 bits per heavy atom. The number of nitrogens with two attached hydrogens (primary N) is 1. The molecule has 0 amide bonds. The molecule has 7 heteroatoms. The van der Waals surface area contributed by atoms with Gasteiger partial charge in [-0.2, -0.15) is 0 Å². The van der Waals surface area contributed by atoms with E-state index in [1.165, 1.54) is 12.1 Å². The van der Waals surface area contributed by atoms with Crippen LogP contribution < -0.4 is 15.2 Å². The van der Waals surface area contributed by atoms with Gasteiger partial charge in [0.15, 0.2) is 0 Å². The van der Waals surface area contributed by atoms with Crippen LogP contribution in [0.4, 0.5) is 18.9 Å². The molecular formula is C13H11F3N2O2. The monoisotopic (exact) mass is 284 g/mol. The Balaban J connectivity index is 2.11. The normalized spacial score (nSPS) is 11.2. The topological polar surface area (TPSA) is 57.4 Å². The van der Waals surface area contributed by atoms with Gasteiger partial charge in [-0.3, -0.25) is 0 Å². The van der Waals surface area contributed by atoms with Crippen molar-refractivity contribution in [3.63, 3.8) is 0 Å². The molecule has 106 valence electrons. The first-order valence-corrected chi connectivity index (χ1v) is 5.59. The van der Waals surface area contributed by atoms with Gasteiger partial charge < -0.3 is 15.2 Å². The van der Waals surface area contributed by atoms with Crippen molar-refractivity contribution >= 4 is 5.69 Å². The van der Waals surface area contributed by atoms with Crippen LogP contribution in [0.15, 0.2) is 36.5 Å². The van der Waals surface area contributed by atoms with Crippen LogP contribution in [0, 0.1) is 6.92 Å². The van der Waals surface area contributed by atoms with Crippen molar-refractivity contribution in [3.05, 3.63) is 42.1 Å². The van der Waals surface area contributed by atoms with Crippen LogP contribution in [0.2, 0.25) is 0 Å². The molecule has 20 heavy (non-hydrogen) atoms. The fraction of sp³-hybridized carbons (Fsp3) is 0.154. The Labute approximate surface area is 113 Å². The average molecular weight is 284 g/mol. The van der Waals surface area contributed by atoms with Gasteiger partial charge in [0.2, 0.25) is 5.88 Å². The second-order valence-electron chi connectivity index (χ2n) is 4.03. The molecule has 0 bridgehead atoms. The van der Waals surface area contributed by atoms with E-state index < -0.39 is 6.36 Å². The molecule has 1 aromatic carbocycles. The predicted molar refractivity (Wildman–Crippen MR) is 66.6 cm³/mol. The number of benzene rings is 1. The van der Waals surface area contributed by atoms with Crippen LogP contribution in [-0.4, -0.2) is 11.3 Å². The maximum absolute atomic E-state index is 12.0. The maximum Gasteiger partial charge on any atom is 0.573 e. The van der Waals surface area contributed by atoms with Gasteiger partial charge in [-0.05, 0) is 42.8 Å². The number of anilines is 1. The molecule has 0 saturated heterocycles. The highest BCUT2D eigenvalue weighted by atomic mass is 19.4. The number of ether oxygens (including phenoxy) is 2. The molecule has 0 radical (unpaired) electrons. The Hall–Kier alpha value is -2.44. The lowest BCUT2D eigenvalue weighted by Crippen LogP contribution is -2.16. The number of pyridine rings is 1. The number of halogens is 3. The molecule has 1 heterocycles. The van der Waals surface area contributed by atoms with Crippen LogP contribution in [0.25, 0.3) is 0 Å². The fourth-order valence-corrected chi connectivity index (χ4v) is 1.49. The van der Waals surface area contributed by atoms with Crippen molar-refractivity contribution in [1.29, 1.82) is 0 Å². The lowest BCUT2D eigenvalue weighted by molar-refractivity contribution is -0.274. The molecule has 2 aromatic rings. The molecule has 0 saturated carbocycles. The van der Waals surface area contributed by atoms with E-state index in [2.05, 4.69) is 9.72 Å². The van der Waals surface area contributed by atoms with Gasteiger partial charge in [-0.15, -0.1) is 13.2 Å². The summed E-state index contributed by atoms with van der Waals surface area (Å²) in [6.07, 6.45) is -3.14. The molecule has 0 fully saturated rings. The van der Waals surface area contributed by atoms with E-state index in [4.69, 9.17) is 10.5 Å². The number of hydrogen-bond donors (Lipinski definition) is 1. The Morgan fingerprint density at radius 1 is 1.10 bits per heavy atom. The number of aromatic nitrogens is 1. The highest BCUT2D eigenvalue weighted by Crippen LogP contribution is 2.28. The molecule has 0 aliphatic rings. The molecule has 0 aliphatic carbocycles. The van der Waals surface area contributed by atoms with E-state index in [-0.39, 0.29) is 11.6 Å². The molecule has 2 N–H and O–H groups in total. The third-order valence-corrected chi connectivity index (χ3v) is 2.29. The zero-order valence-corrected chi connectivity index (χ0v) is 10.4. The maximum atomic E-state index is 12.0. The van der Waals surface area contributed by atoms with E-state index in [1.54, 1.807) is 12.3 Å². The second kappa shape index (κ2) is 5.28. The first kappa shape index (κ1) is 14.0. The lowest BCUT2D eigenvalue weighted by Gasteiger charge is -2.10. The van der Waals surface area contributed by atoms with Crippen LogP contribution in [0.1, 0.15) is 5.56 Å². The van der Waals surface area contributed by atoms with Gasteiger partial charge in [0, 0.05) is 6.20 Å². The fourth-order valence-electron chi connectivity index (χ4n) is 1.49. The van der Waals surface area contributed by atoms with Crippen LogP contribution in [0.5, 0.6) is 17.4 Å². The molecule has 1 aromatic heterocycles. The van der Waals surface area contributed by atoms with E-state index in [1.807, 2.05) is 6.92 Å². The predicted octanol–water partition coefficient (Wildman–Crippen LogP) is 3.66. The molecule has 0 unspecified atom stereocenters. The van der Waals surface area contributed by atoms with Gasteiger partial charge in [-0.1, -0.05) is 0 Å². The first-order chi connectivity index (χ1) is 9.33. The minimum absolute atomic E-state index is 0.195. The Morgan fingerprint density at radius 3 is 2.25 bits per heavy atom. The quantitative estimate of drug-likeness (QED) is 0.934. The average Bonchev–Trinajstić information content (AvgIpc) is 2.33. The summed E-state index contributed by atoms with van der Waals surface area (Å²) in [6.45, 7) is 1.83. The standard InChI is InChI=1S/C13H11F3N2O2/c1-8-6-11(17)12(18-7-8)19-9-2-4-10(5-3-9)20-13(14,15)16/h2-7H,17H2,1H3. The summed E-state index contributed by atoms with van der Waals surface area (Å²) in [5.74, 6) is 0.178. The zero-order chi connectivity index (χ0) is 14.8. The smallest absolute Gasteiger partial charge is 0.437 e. The summed E-state index contributed by atoms with van der Waals surface area (Å²) >= 11 is 0. The third kappa shape index (κ3) is 3.78. The van der Waals surface area contributed by atoms with Crippen molar-refractivity contribution in [2.45, 2.75) is 13.3 Å². The number of nitrogens with zero attached hydrogens (tertiary/aromatic N) is 1. The van der Waals surface area contributed by atoms with Gasteiger partial charge in [0.25, 0.3) is 0 Å². The summed E-state index contributed by atoms with van der Waals surface area (Å²) in [5, 5.41) is 0. The van der Waals surface area contributed by atoms with Crippen molar-refractivity contribution in [1.82, 2.24) is 4.98 Å². The minimum atomic E-state index is -4.72. The minimum Gasteiger partial charge on any atom is -0.437 e. The first-order valence-electron chi connectivity index (χ1n) is 5.59. The van der Waals surface area contributed by atoms with Crippen molar-refractivity contribution < 1.29 is 22.6 Å². The number of nitrogen functional groups attached to an aromatic ring is 1. The van der Waals surface area contributed by atoms with E-state index in [0.717, 1.165) is 17.7 Å². The van der Waals surface area contributed by atoms with Crippen molar-refractivity contribution in [2.24, 2.45) is 0 Å². The van der Waals surface area contributed by atoms with E-state index in [0.29, 0.717) is 11.4 Å². The number of rotatable bonds is 3. The summed E-state index contributed by atoms with van der Waals surface area (Å²) < 4.78 is 45.1. The van der Waals surface area contributed by atoms with Gasteiger partial charge in [0.05, 0.1) is 5.69 Å². The molecule has 0 spiro atoms. The van der Waals surface area contributed by atoms with Gasteiger partial charge in [-0.25, -0.2) is 4.98 Å². The number of aryl methyl sites for hydroxylation is 1. The number of hydrogen-bond acceptors (Lipinski definition) is 4. The highest BCUT2D eigenvalue weighted by molar-refractivity contribution is 5.51. The number of alkyl halides is 3. The SMILES string of the molecule is Cc1cnc(Oc2ccc(OC(F)(F)F)cc2)c(N)c1. The highest BCUT2D eigenvalue weighted by Gasteiger charge is 2.30. The van der Waals surface area contributed by atoms with Crippen molar-refractivity contribution in [2.75, 3.05) is 5.73 Å². The summed E-state index contributed by atoms with van der Waals surface area (Å²) in [6, 6.07) is 6.65. The van der Waals surface area contributed by atoms with E-state index in [9.17, 15) is 13.2 Å². The van der Waals surface area contributed by atoms with Crippen LogP contribution in [-0.2, 0) is 0 Å². The van der Waals surface area contributed by atoms with Gasteiger partial charge in [0.1, 0.15) is 11.5 Å². The third-order valence-electron chi connectivity index (χ3n) is 2.29. The Kier molecular flexibility index (Phi) is 3.69. The largest absolute Gasteiger partial charge is 0.573 e. The second-order valence-corrected chi connectivity index (χ2v) is 4.03. The zero-order valence-electron chi connectivity index (χ0n) is 10.4. The summed E-state index contributed by atoms with van der Waals surface area (Å²) in [7, 11) is 0. The summed E-state index contributed by atoms with van der Waals surface area (Å²) in [4.78, 5) is 4.00. The van der Waals surface area contributed by atoms with Crippen LogP contribution in [0.3, 0.4) is 0 Å². The van der Waals surface area contributed by atoms with Gasteiger partial charge >= 0.3 is 6.36 Å². The lowest BCUT2D eigenvalue weighted by atomic mass is 10.3. The molecule has 4 nitrogen and oxygen atoms in total. The van der Waals surface area contributed by atoms with E-state index >= 15 is 0 Å².